The van der Waals surface area contributed by atoms with Gasteiger partial charge in [0.05, 0.1) is 35.2 Å². The SMILES string of the molecule is CCC(NCC#N)[C@@H](N([C@@H](C)CC)S(=O)(=O)Cc1cnc2ccccc2c1)S(=O)(=O)Cc1cnc2ccccc2c1.Cl.Cl. The number of benzene rings is 2. The zero-order valence-corrected chi connectivity index (χ0v) is 27.5. The van der Waals surface area contributed by atoms with Gasteiger partial charge in [-0.15, -0.1) is 24.8 Å². The molecule has 3 atom stereocenters. The third-order valence-electron chi connectivity index (χ3n) is 7.20. The number of para-hydroxylation sites is 2. The molecule has 232 valence electrons. The van der Waals surface area contributed by atoms with Crippen LogP contribution in [0.3, 0.4) is 0 Å². The minimum atomic E-state index is -4.17. The first-order chi connectivity index (χ1) is 19.6. The molecule has 0 bridgehead atoms. The minimum Gasteiger partial charge on any atom is -0.299 e. The molecule has 4 aromatic rings. The lowest BCUT2D eigenvalue weighted by Crippen LogP contribution is -2.59. The molecule has 0 saturated heterocycles. The van der Waals surface area contributed by atoms with Gasteiger partial charge in [-0.05, 0) is 55.2 Å². The summed E-state index contributed by atoms with van der Waals surface area (Å²) in [5.74, 6) is -0.812. The van der Waals surface area contributed by atoms with Crippen molar-refractivity contribution in [2.75, 3.05) is 6.54 Å². The average Bonchev–Trinajstić information content (AvgIpc) is 2.95. The molecule has 2 aromatic heterocycles. The van der Waals surface area contributed by atoms with E-state index >= 15 is 0 Å². The first kappa shape index (κ1) is 36.3. The predicted molar refractivity (Wildman–Crippen MR) is 176 cm³/mol. The van der Waals surface area contributed by atoms with E-state index in [1.165, 1.54) is 12.4 Å². The fourth-order valence-electron chi connectivity index (χ4n) is 5.07. The van der Waals surface area contributed by atoms with Crippen LogP contribution in [0.25, 0.3) is 21.8 Å². The van der Waals surface area contributed by atoms with E-state index in [9.17, 15) is 22.1 Å². The van der Waals surface area contributed by atoms with Gasteiger partial charge in [0.25, 0.3) is 0 Å². The number of nitriles is 1. The number of nitrogens with one attached hydrogen (secondary N) is 1. The summed E-state index contributed by atoms with van der Waals surface area (Å²) in [4.78, 5) is 8.80. The fourth-order valence-corrected chi connectivity index (χ4v) is 9.85. The lowest BCUT2D eigenvalue weighted by Gasteiger charge is -2.39. The third kappa shape index (κ3) is 8.62. The molecule has 13 heteroatoms. The number of hydrogen-bond acceptors (Lipinski definition) is 8. The van der Waals surface area contributed by atoms with Crippen LogP contribution in [-0.2, 0) is 31.4 Å². The Labute approximate surface area is 266 Å². The van der Waals surface area contributed by atoms with E-state index in [-0.39, 0.29) is 31.4 Å². The smallest absolute Gasteiger partial charge is 0.219 e. The summed E-state index contributed by atoms with van der Waals surface area (Å²) in [5, 5.41) is 12.4. The van der Waals surface area contributed by atoms with E-state index in [1.807, 2.05) is 61.5 Å². The van der Waals surface area contributed by atoms with Crippen molar-refractivity contribution in [2.24, 2.45) is 0 Å². The number of fused-ring (bicyclic) bond motifs is 2. The van der Waals surface area contributed by atoms with E-state index in [1.54, 1.807) is 26.0 Å². The van der Waals surface area contributed by atoms with Crippen molar-refractivity contribution in [1.29, 1.82) is 5.26 Å². The lowest BCUT2D eigenvalue weighted by molar-refractivity contribution is 0.258. The van der Waals surface area contributed by atoms with Crippen LogP contribution in [0.2, 0.25) is 0 Å². The van der Waals surface area contributed by atoms with Gasteiger partial charge in [0.1, 0.15) is 5.37 Å². The Morgan fingerprint density at radius 2 is 1.35 bits per heavy atom. The van der Waals surface area contributed by atoms with Crippen molar-refractivity contribution < 1.29 is 16.8 Å². The maximum absolute atomic E-state index is 14.3. The molecule has 4 rings (SSSR count). The van der Waals surface area contributed by atoms with Crippen LogP contribution < -0.4 is 5.32 Å². The maximum Gasteiger partial charge on any atom is 0.219 e. The molecule has 1 N–H and O–H groups in total. The Morgan fingerprint density at radius 1 is 0.837 bits per heavy atom. The van der Waals surface area contributed by atoms with E-state index in [0.29, 0.717) is 24.0 Å². The second-order valence-electron chi connectivity index (χ2n) is 10.2. The second kappa shape index (κ2) is 15.7. The molecule has 1 unspecified atom stereocenters. The summed E-state index contributed by atoms with van der Waals surface area (Å²) < 4.78 is 58.0. The zero-order chi connectivity index (χ0) is 29.6. The largest absolute Gasteiger partial charge is 0.299 e. The standard InChI is InChI=1S/C30H35N5O4S2.2ClH/c1-4-22(3)35(41(38,39)21-24-17-26-11-7-9-13-29(26)34-19-24)30(27(5-2)32-15-14-31)40(36,37)20-23-16-25-10-6-8-12-28(25)33-18-23;;/h6-13,16-19,22,27,30,32H,4-5,15,20-21H2,1-3H3;2*1H/t22-,27?,30-;;/m0../s1. The van der Waals surface area contributed by atoms with Crippen LogP contribution in [0.5, 0.6) is 0 Å². The highest BCUT2D eigenvalue weighted by Crippen LogP contribution is 2.29. The van der Waals surface area contributed by atoms with Gasteiger partial charge in [0, 0.05) is 35.2 Å². The highest BCUT2D eigenvalue weighted by atomic mass is 35.5. The maximum atomic E-state index is 14.3. The number of aromatic nitrogens is 2. The number of nitrogens with zero attached hydrogens (tertiary/aromatic N) is 4. The number of hydrogen-bond donors (Lipinski definition) is 1. The number of rotatable bonds is 13. The molecule has 0 spiro atoms. The molecule has 0 aliphatic carbocycles. The van der Waals surface area contributed by atoms with Gasteiger partial charge in [0.15, 0.2) is 9.84 Å². The van der Waals surface area contributed by atoms with Gasteiger partial charge in [0.2, 0.25) is 10.0 Å². The Morgan fingerprint density at radius 3 is 1.84 bits per heavy atom. The first-order valence-electron chi connectivity index (χ1n) is 13.6. The van der Waals surface area contributed by atoms with Crippen LogP contribution in [0.4, 0.5) is 0 Å². The van der Waals surface area contributed by atoms with Crippen LogP contribution in [0.15, 0.2) is 73.1 Å². The van der Waals surface area contributed by atoms with Gasteiger partial charge < -0.3 is 0 Å². The van der Waals surface area contributed by atoms with Crippen LogP contribution in [0, 0.1) is 11.3 Å². The lowest BCUT2D eigenvalue weighted by atomic mass is 10.2. The summed E-state index contributed by atoms with van der Waals surface area (Å²) >= 11 is 0. The normalized spacial score (nSPS) is 13.9. The quantitative estimate of drug-likeness (QED) is 0.188. The van der Waals surface area contributed by atoms with Gasteiger partial charge in [-0.1, -0.05) is 50.2 Å². The van der Waals surface area contributed by atoms with E-state index in [0.717, 1.165) is 26.1 Å². The molecular formula is C30H37Cl2N5O4S2. The number of halogens is 2. The Balaban J connectivity index is 0.00000323. The van der Waals surface area contributed by atoms with Crippen molar-refractivity contribution in [3.05, 3.63) is 84.2 Å². The molecule has 0 amide bonds. The molecule has 0 aliphatic rings. The molecular weight excluding hydrogens is 629 g/mol. The number of pyridine rings is 2. The molecule has 2 aromatic carbocycles. The van der Waals surface area contributed by atoms with Crippen molar-refractivity contribution in [1.82, 2.24) is 19.6 Å². The average molecular weight is 667 g/mol. The Kier molecular flexibility index (Phi) is 13.3. The zero-order valence-electron chi connectivity index (χ0n) is 24.3. The van der Waals surface area contributed by atoms with Crippen molar-refractivity contribution in [2.45, 2.75) is 62.6 Å². The number of sulfonamides is 1. The minimum absolute atomic E-state index is 0. The topological polar surface area (TPSA) is 133 Å². The summed E-state index contributed by atoms with van der Waals surface area (Å²) in [5.41, 5.74) is 2.40. The molecule has 0 radical (unpaired) electrons. The van der Waals surface area contributed by atoms with Gasteiger partial charge >= 0.3 is 0 Å². The first-order valence-corrected chi connectivity index (χ1v) is 16.9. The number of sulfone groups is 1. The van der Waals surface area contributed by atoms with E-state index < -0.39 is 48.8 Å². The Hall–Kier alpha value is -2.85. The van der Waals surface area contributed by atoms with Crippen LogP contribution in [-0.4, -0.2) is 55.1 Å². The molecule has 43 heavy (non-hydrogen) atoms. The molecule has 9 nitrogen and oxygen atoms in total. The van der Waals surface area contributed by atoms with Crippen molar-refractivity contribution >= 4 is 66.5 Å². The van der Waals surface area contributed by atoms with Crippen molar-refractivity contribution in [3.63, 3.8) is 0 Å². The third-order valence-corrected chi connectivity index (χ3v) is 11.3. The van der Waals surface area contributed by atoms with E-state index in [4.69, 9.17) is 0 Å². The summed E-state index contributed by atoms with van der Waals surface area (Å²) in [6, 6.07) is 18.9. The fraction of sp³-hybridized carbons (Fsp3) is 0.367. The summed E-state index contributed by atoms with van der Waals surface area (Å²) in [7, 11) is -8.30. The van der Waals surface area contributed by atoms with Gasteiger partial charge in [-0.25, -0.2) is 16.8 Å². The molecule has 0 aliphatic heterocycles. The highest BCUT2D eigenvalue weighted by Gasteiger charge is 2.45. The van der Waals surface area contributed by atoms with Gasteiger partial charge in [-0.3, -0.25) is 15.3 Å². The predicted octanol–water partition coefficient (Wildman–Crippen LogP) is 5.39. The second-order valence-corrected chi connectivity index (χ2v) is 14.1. The summed E-state index contributed by atoms with van der Waals surface area (Å²) in [6.07, 6.45) is 3.72. The van der Waals surface area contributed by atoms with E-state index in [2.05, 4.69) is 15.3 Å². The van der Waals surface area contributed by atoms with Crippen LogP contribution >= 0.6 is 24.8 Å². The van der Waals surface area contributed by atoms with Gasteiger partial charge in [-0.2, -0.15) is 9.57 Å². The molecule has 0 fully saturated rings. The molecule has 0 saturated carbocycles. The highest BCUT2D eigenvalue weighted by molar-refractivity contribution is 7.93. The monoisotopic (exact) mass is 665 g/mol. The molecule has 2 heterocycles. The summed E-state index contributed by atoms with van der Waals surface area (Å²) in [6.45, 7) is 5.20. The van der Waals surface area contributed by atoms with Crippen LogP contribution in [0.1, 0.15) is 44.7 Å². The van der Waals surface area contributed by atoms with Crippen molar-refractivity contribution in [3.8, 4) is 6.07 Å². The Bertz CT molecular complexity index is 1780.